The molecule has 22 heavy (non-hydrogen) atoms. The first kappa shape index (κ1) is 15.1. The van der Waals surface area contributed by atoms with Crippen LogP contribution in [0.5, 0.6) is 0 Å². The Morgan fingerprint density at radius 2 is 2.18 bits per heavy atom. The molecule has 0 aliphatic carbocycles. The molecule has 1 unspecified atom stereocenters. The molecular formula is C12H7ClF3N5S. The molecule has 0 amide bonds. The molecule has 2 aromatic heterocycles. The van der Waals surface area contributed by atoms with Gasteiger partial charge in [-0.15, -0.1) is 0 Å². The minimum atomic E-state index is -4.54. The summed E-state index contributed by atoms with van der Waals surface area (Å²) in [6.45, 7) is 0.397. The van der Waals surface area contributed by atoms with E-state index in [1.807, 2.05) is 6.07 Å². The number of fused-ring (bicyclic) bond motifs is 1. The number of thioether (sulfide) groups is 1. The molecule has 0 radical (unpaired) electrons. The molecule has 0 bridgehead atoms. The van der Waals surface area contributed by atoms with E-state index in [9.17, 15) is 18.4 Å². The van der Waals surface area contributed by atoms with Crippen LogP contribution in [0.15, 0.2) is 17.4 Å². The molecule has 0 aromatic carbocycles. The van der Waals surface area contributed by atoms with Gasteiger partial charge in [0.15, 0.2) is 10.9 Å². The quantitative estimate of drug-likeness (QED) is 0.859. The van der Waals surface area contributed by atoms with Gasteiger partial charge in [0, 0.05) is 6.20 Å². The summed E-state index contributed by atoms with van der Waals surface area (Å²) in [6.07, 6.45) is -3.86. The Bertz CT molecular complexity index is 795. The van der Waals surface area contributed by atoms with E-state index in [0.29, 0.717) is 17.9 Å². The zero-order valence-corrected chi connectivity index (χ0v) is 12.3. The van der Waals surface area contributed by atoms with Crippen LogP contribution in [-0.2, 0) is 12.7 Å². The third kappa shape index (κ3) is 2.43. The molecule has 5 nitrogen and oxygen atoms in total. The first-order chi connectivity index (χ1) is 10.3. The number of nitrogens with zero attached hydrogens (tertiary/aromatic N) is 4. The molecular weight excluding hydrogens is 339 g/mol. The van der Waals surface area contributed by atoms with E-state index >= 15 is 0 Å². The van der Waals surface area contributed by atoms with Crippen LogP contribution < -0.4 is 5.73 Å². The smallest absolute Gasteiger partial charge is 0.317 e. The van der Waals surface area contributed by atoms with Crippen molar-refractivity contribution in [2.24, 2.45) is 5.73 Å². The van der Waals surface area contributed by atoms with Crippen molar-refractivity contribution in [2.45, 2.75) is 23.3 Å². The summed E-state index contributed by atoms with van der Waals surface area (Å²) in [5.74, 6) is 0. The fourth-order valence-corrected chi connectivity index (χ4v) is 3.28. The molecule has 2 aromatic rings. The lowest BCUT2D eigenvalue weighted by Gasteiger charge is -2.08. The summed E-state index contributed by atoms with van der Waals surface area (Å²) >= 11 is 7.17. The van der Waals surface area contributed by atoms with Crippen molar-refractivity contribution < 1.29 is 13.2 Å². The van der Waals surface area contributed by atoms with E-state index in [1.54, 1.807) is 4.57 Å². The zero-order chi connectivity index (χ0) is 16.1. The number of halogens is 4. The van der Waals surface area contributed by atoms with Crippen LogP contribution in [0.2, 0.25) is 5.02 Å². The van der Waals surface area contributed by atoms with Crippen molar-refractivity contribution >= 4 is 23.4 Å². The number of nitriles is 1. The Kier molecular flexibility index (Phi) is 3.55. The van der Waals surface area contributed by atoms with Crippen molar-refractivity contribution in [1.82, 2.24) is 14.5 Å². The molecule has 114 valence electrons. The van der Waals surface area contributed by atoms with Crippen molar-refractivity contribution in [1.29, 1.82) is 5.26 Å². The summed E-state index contributed by atoms with van der Waals surface area (Å²) in [5.41, 5.74) is 5.20. The number of rotatable bonds is 1. The SMILES string of the molecule is N#Cc1c(-c2ncc(C(F)(F)F)cc2Cl)nc2n1CC(N)S2. The maximum Gasteiger partial charge on any atom is 0.417 e. The van der Waals surface area contributed by atoms with Gasteiger partial charge in [-0.25, -0.2) is 4.98 Å². The molecule has 1 aliphatic heterocycles. The average Bonchev–Trinajstić information content (AvgIpc) is 2.92. The van der Waals surface area contributed by atoms with Crippen LogP contribution in [-0.4, -0.2) is 19.9 Å². The lowest BCUT2D eigenvalue weighted by Crippen LogP contribution is -2.16. The predicted octanol–water partition coefficient (Wildman–Crippen LogP) is 2.88. The lowest BCUT2D eigenvalue weighted by molar-refractivity contribution is -0.137. The van der Waals surface area contributed by atoms with E-state index < -0.39 is 11.7 Å². The molecule has 2 N–H and O–H groups in total. The maximum atomic E-state index is 12.6. The summed E-state index contributed by atoms with van der Waals surface area (Å²) in [7, 11) is 0. The van der Waals surface area contributed by atoms with E-state index in [0.717, 1.165) is 6.07 Å². The first-order valence-electron chi connectivity index (χ1n) is 5.97. The van der Waals surface area contributed by atoms with Gasteiger partial charge in [0.25, 0.3) is 0 Å². The number of aromatic nitrogens is 3. The van der Waals surface area contributed by atoms with Gasteiger partial charge in [-0.3, -0.25) is 4.98 Å². The number of hydrogen-bond acceptors (Lipinski definition) is 5. The van der Waals surface area contributed by atoms with Crippen molar-refractivity contribution in [3.05, 3.63) is 28.5 Å². The lowest BCUT2D eigenvalue weighted by atomic mass is 10.2. The van der Waals surface area contributed by atoms with Gasteiger partial charge in [-0.1, -0.05) is 23.4 Å². The normalized spacial score (nSPS) is 17.4. The van der Waals surface area contributed by atoms with E-state index in [1.165, 1.54) is 11.8 Å². The second-order valence-electron chi connectivity index (χ2n) is 4.52. The van der Waals surface area contributed by atoms with Gasteiger partial charge in [0.1, 0.15) is 17.5 Å². The molecule has 1 aliphatic rings. The second-order valence-corrected chi connectivity index (χ2v) is 6.14. The fraction of sp³-hybridized carbons (Fsp3) is 0.250. The summed E-state index contributed by atoms with van der Waals surface area (Å²) in [4.78, 5) is 7.97. The van der Waals surface area contributed by atoms with E-state index in [2.05, 4.69) is 9.97 Å². The molecule has 1 atom stereocenters. The zero-order valence-electron chi connectivity index (χ0n) is 10.7. The monoisotopic (exact) mass is 345 g/mol. The molecule has 0 fully saturated rings. The van der Waals surface area contributed by atoms with Gasteiger partial charge >= 0.3 is 6.18 Å². The number of nitrogens with two attached hydrogens (primary N) is 1. The molecule has 3 rings (SSSR count). The summed E-state index contributed by atoms with van der Waals surface area (Å²) in [5, 5.41) is 9.39. The van der Waals surface area contributed by atoms with Crippen LogP contribution >= 0.6 is 23.4 Å². The van der Waals surface area contributed by atoms with Crippen LogP contribution in [0.1, 0.15) is 11.3 Å². The molecule has 10 heteroatoms. The van der Waals surface area contributed by atoms with Crippen LogP contribution in [0.25, 0.3) is 11.4 Å². The minimum Gasteiger partial charge on any atom is -0.317 e. The van der Waals surface area contributed by atoms with E-state index in [-0.39, 0.29) is 27.5 Å². The molecule has 0 saturated carbocycles. The highest BCUT2D eigenvalue weighted by Gasteiger charge is 2.33. The Hall–Kier alpha value is -1.76. The molecule has 0 spiro atoms. The van der Waals surface area contributed by atoms with Crippen molar-refractivity contribution in [2.75, 3.05) is 0 Å². The summed E-state index contributed by atoms with van der Waals surface area (Å²) < 4.78 is 39.5. The Morgan fingerprint density at radius 1 is 1.45 bits per heavy atom. The molecule has 0 saturated heterocycles. The number of imidazole rings is 1. The predicted molar refractivity (Wildman–Crippen MR) is 74.0 cm³/mol. The van der Waals surface area contributed by atoms with Gasteiger partial charge < -0.3 is 10.3 Å². The van der Waals surface area contributed by atoms with Crippen LogP contribution in [0, 0.1) is 11.3 Å². The topological polar surface area (TPSA) is 80.5 Å². The van der Waals surface area contributed by atoms with Crippen molar-refractivity contribution in [3.63, 3.8) is 0 Å². The third-order valence-electron chi connectivity index (χ3n) is 3.05. The average molecular weight is 346 g/mol. The highest BCUT2D eigenvalue weighted by atomic mass is 35.5. The molecule has 3 heterocycles. The Morgan fingerprint density at radius 3 is 2.77 bits per heavy atom. The second kappa shape index (κ2) is 5.15. The first-order valence-corrected chi connectivity index (χ1v) is 7.23. The number of alkyl halides is 3. The van der Waals surface area contributed by atoms with Gasteiger partial charge in [-0.05, 0) is 6.07 Å². The van der Waals surface area contributed by atoms with E-state index in [4.69, 9.17) is 17.3 Å². The number of hydrogen-bond donors (Lipinski definition) is 1. The van der Waals surface area contributed by atoms with Crippen LogP contribution in [0.3, 0.4) is 0 Å². The largest absolute Gasteiger partial charge is 0.417 e. The van der Waals surface area contributed by atoms with Gasteiger partial charge in [-0.2, -0.15) is 18.4 Å². The van der Waals surface area contributed by atoms with Crippen molar-refractivity contribution in [3.8, 4) is 17.5 Å². The number of pyridine rings is 1. The highest BCUT2D eigenvalue weighted by Crippen LogP contribution is 2.38. The third-order valence-corrected chi connectivity index (χ3v) is 4.31. The fourth-order valence-electron chi connectivity index (χ4n) is 2.09. The maximum absolute atomic E-state index is 12.6. The summed E-state index contributed by atoms with van der Waals surface area (Å²) in [6, 6.07) is 2.75. The van der Waals surface area contributed by atoms with Gasteiger partial charge in [0.05, 0.1) is 22.5 Å². The highest BCUT2D eigenvalue weighted by molar-refractivity contribution is 7.99. The minimum absolute atomic E-state index is 0.0438. The standard InChI is InChI=1S/C12H7ClF3N5S/c13-6-1-5(12(14,15)16)3-19-9(6)10-7(2-17)21-4-8(18)22-11(21)20-10/h1,3,8H,4,18H2. The Labute approximate surface area is 131 Å². The Balaban J connectivity index is 2.10. The van der Waals surface area contributed by atoms with Crippen LogP contribution in [0.4, 0.5) is 13.2 Å². The van der Waals surface area contributed by atoms with Gasteiger partial charge in [0.2, 0.25) is 0 Å².